The molecule has 2 unspecified atom stereocenters. The van der Waals surface area contributed by atoms with Crippen LogP contribution in [0.25, 0.3) is 0 Å². The van der Waals surface area contributed by atoms with E-state index in [1.54, 1.807) is 0 Å². The van der Waals surface area contributed by atoms with Gasteiger partial charge in [-0.05, 0) is 34.2 Å². The molecule has 2 aliphatic rings. The van der Waals surface area contributed by atoms with Gasteiger partial charge in [0.2, 0.25) is 0 Å². The van der Waals surface area contributed by atoms with Crippen LogP contribution in [0, 0.1) is 5.92 Å². The Hall–Kier alpha value is -0.160. The van der Waals surface area contributed by atoms with E-state index in [1.807, 2.05) is 0 Å². The van der Waals surface area contributed by atoms with Crippen molar-refractivity contribution in [2.75, 3.05) is 53.0 Å². The predicted octanol–water partition coefficient (Wildman–Crippen LogP) is 1.03. The van der Waals surface area contributed by atoms with E-state index in [-0.39, 0.29) is 0 Å². The van der Waals surface area contributed by atoms with Gasteiger partial charge in [-0.1, -0.05) is 0 Å². The second kappa shape index (κ2) is 6.53. The molecule has 2 rings (SSSR count). The van der Waals surface area contributed by atoms with E-state index in [9.17, 15) is 0 Å². The summed E-state index contributed by atoms with van der Waals surface area (Å²) in [7, 11) is 2.09. The molecular weight excluding hydrogens is 238 g/mol. The minimum Gasteiger partial charge on any atom is -0.381 e. The summed E-state index contributed by atoms with van der Waals surface area (Å²) < 4.78 is 5.52. The molecule has 0 radical (unpaired) electrons. The SMILES string of the molecule is CNC(CN1CCN(C(C)(C)C)CC1)C1CCOC1. The Morgan fingerprint density at radius 2 is 1.89 bits per heavy atom. The van der Waals surface area contributed by atoms with Crippen LogP contribution in [0.4, 0.5) is 0 Å². The summed E-state index contributed by atoms with van der Waals surface area (Å²) in [4.78, 5) is 5.21. The Bertz CT molecular complexity index is 263. The lowest BCUT2D eigenvalue weighted by molar-refractivity contribution is 0.0541. The van der Waals surface area contributed by atoms with Crippen LogP contribution >= 0.6 is 0 Å². The summed E-state index contributed by atoms with van der Waals surface area (Å²) in [6.45, 7) is 14.8. The van der Waals surface area contributed by atoms with Crippen LogP contribution in [0.5, 0.6) is 0 Å². The topological polar surface area (TPSA) is 27.7 Å². The Kier molecular flexibility index (Phi) is 5.23. The second-order valence-corrected chi connectivity index (χ2v) is 6.98. The van der Waals surface area contributed by atoms with Crippen LogP contribution in [-0.2, 0) is 4.74 Å². The Labute approximate surface area is 118 Å². The number of hydrogen-bond acceptors (Lipinski definition) is 4. The van der Waals surface area contributed by atoms with Gasteiger partial charge >= 0.3 is 0 Å². The molecular formula is C15H31N3O. The zero-order chi connectivity index (χ0) is 13.9. The standard InChI is InChI=1S/C15H31N3O/c1-15(2,3)18-8-6-17(7-9-18)11-14(16-4)13-5-10-19-12-13/h13-14,16H,5-12H2,1-4H3. The Morgan fingerprint density at radius 3 is 2.37 bits per heavy atom. The summed E-state index contributed by atoms with van der Waals surface area (Å²) in [6.07, 6.45) is 1.22. The van der Waals surface area contributed by atoms with Gasteiger partial charge in [0.25, 0.3) is 0 Å². The van der Waals surface area contributed by atoms with E-state index in [1.165, 1.54) is 39.1 Å². The first-order chi connectivity index (χ1) is 9.00. The van der Waals surface area contributed by atoms with Crippen molar-refractivity contribution < 1.29 is 4.74 Å². The molecule has 0 saturated carbocycles. The van der Waals surface area contributed by atoms with Crippen LogP contribution in [0.15, 0.2) is 0 Å². The van der Waals surface area contributed by atoms with Crippen molar-refractivity contribution >= 4 is 0 Å². The molecule has 19 heavy (non-hydrogen) atoms. The number of nitrogens with zero attached hydrogens (tertiary/aromatic N) is 2. The molecule has 2 atom stereocenters. The normalized spacial score (nSPS) is 28.7. The first-order valence-corrected chi connectivity index (χ1v) is 7.73. The Morgan fingerprint density at radius 1 is 1.21 bits per heavy atom. The first kappa shape index (κ1) is 15.2. The van der Waals surface area contributed by atoms with Crippen LogP contribution in [-0.4, -0.2) is 74.4 Å². The van der Waals surface area contributed by atoms with Crippen LogP contribution in [0.1, 0.15) is 27.2 Å². The molecule has 2 aliphatic heterocycles. The maximum absolute atomic E-state index is 5.52. The van der Waals surface area contributed by atoms with Gasteiger partial charge in [0.05, 0.1) is 6.61 Å². The van der Waals surface area contributed by atoms with E-state index < -0.39 is 0 Å². The van der Waals surface area contributed by atoms with E-state index in [2.05, 4.69) is 42.9 Å². The van der Waals surface area contributed by atoms with Gasteiger partial charge in [0.15, 0.2) is 0 Å². The molecule has 112 valence electrons. The van der Waals surface area contributed by atoms with Gasteiger partial charge in [-0.3, -0.25) is 9.80 Å². The zero-order valence-corrected chi connectivity index (χ0v) is 13.1. The lowest BCUT2D eigenvalue weighted by atomic mass is 9.98. The quantitative estimate of drug-likeness (QED) is 0.825. The molecule has 4 nitrogen and oxygen atoms in total. The average Bonchev–Trinajstić information content (AvgIpc) is 2.89. The fourth-order valence-corrected chi connectivity index (χ4v) is 3.23. The van der Waals surface area contributed by atoms with Crippen molar-refractivity contribution in [3.05, 3.63) is 0 Å². The van der Waals surface area contributed by atoms with E-state index in [0.717, 1.165) is 13.2 Å². The molecule has 0 aromatic rings. The van der Waals surface area contributed by atoms with Crippen molar-refractivity contribution in [1.29, 1.82) is 0 Å². The van der Waals surface area contributed by atoms with Crippen LogP contribution in [0.2, 0.25) is 0 Å². The van der Waals surface area contributed by atoms with Crippen LogP contribution in [0.3, 0.4) is 0 Å². The smallest absolute Gasteiger partial charge is 0.0510 e. The van der Waals surface area contributed by atoms with Crippen molar-refractivity contribution in [1.82, 2.24) is 15.1 Å². The highest BCUT2D eigenvalue weighted by atomic mass is 16.5. The van der Waals surface area contributed by atoms with Gasteiger partial charge in [-0.2, -0.15) is 0 Å². The summed E-state index contributed by atoms with van der Waals surface area (Å²) >= 11 is 0. The maximum Gasteiger partial charge on any atom is 0.0510 e. The molecule has 0 aliphatic carbocycles. The van der Waals surface area contributed by atoms with Gasteiger partial charge in [0, 0.05) is 56.8 Å². The largest absolute Gasteiger partial charge is 0.381 e. The van der Waals surface area contributed by atoms with Gasteiger partial charge < -0.3 is 10.1 Å². The van der Waals surface area contributed by atoms with E-state index in [4.69, 9.17) is 4.74 Å². The molecule has 0 amide bonds. The minimum atomic E-state index is 0.313. The molecule has 2 heterocycles. The van der Waals surface area contributed by atoms with Gasteiger partial charge in [-0.15, -0.1) is 0 Å². The lowest BCUT2D eigenvalue weighted by Gasteiger charge is -2.43. The molecule has 0 aromatic carbocycles. The molecule has 0 bridgehead atoms. The van der Waals surface area contributed by atoms with E-state index in [0.29, 0.717) is 17.5 Å². The summed E-state index contributed by atoms with van der Waals surface area (Å²) in [5.74, 6) is 0.700. The second-order valence-electron chi connectivity index (χ2n) is 6.98. The Balaban J connectivity index is 1.77. The number of likely N-dealkylation sites (N-methyl/N-ethyl adjacent to an activating group) is 1. The fourth-order valence-electron chi connectivity index (χ4n) is 3.23. The van der Waals surface area contributed by atoms with Crippen molar-refractivity contribution in [3.63, 3.8) is 0 Å². The molecule has 4 heteroatoms. The van der Waals surface area contributed by atoms with Crippen molar-refractivity contribution in [2.24, 2.45) is 5.92 Å². The van der Waals surface area contributed by atoms with Crippen molar-refractivity contribution in [2.45, 2.75) is 38.8 Å². The molecule has 0 spiro atoms. The molecule has 0 aromatic heterocycles. The summed E-state index contributed by atoms with van der Waals surface area (Å²) in [5, 5.41) is 3.50. The van der Waals surface area contributed by atoms with Gasteiger partial charge in [0.1, 0.15) is 0 Å². The third-order valence-electron chi connectivity index (χ3n) is 4.68. The number of rotatable bonds is 4. The third kappa shape index (κ3) is 4.15. The summed E-state index contributed by atoms with van der Waals surface area (Å²) in [5.41, 5.74) is 0.313. The highest BCUT2D eigenvalue weighted by molar-refractivity contribution is 4.86. The zero-order valence-electron chi connectivity index (χ0n) is 13.1. The highest BCUT2D eigenvalue weighted by Crippen LogP contribution is 2.19. The molecule has 2 fully saturated rings. The predicted molar refractivity (Wildman–Crippen MR) is 79.5 cm³/mol. The number of piperazine rings is 1. The monoisotopic (exact) mass is 269 g/mol. The van der Waals surface area contributed by atoms with Crippen molar-refractivity contribution in [3.8, 4) is 0 Å². The number of nitrogens with one attached hydrogen (secondary N) is 1. The summed E-state index contributed by atoms with van der Waals surface area (Å²) in [6, 6.07) is 0.587. The number of hydrogen-bond donors (Lipinski definition) is 1. The number of ether oxygens (including phenoxy) is 1. The highest BCUT2D eigenvalue weighted by Gasteiger charge is 2.29. The van der Waals surface area contributed by atoms with Crippen LogP contribution < -0.4 is 5.32 Å². The first-order valence-electron chi connectivity index (χ1n) is 7.73. The third-order valence-corrected chi connectivity index (χ3v) is 4.68. The molecule has 1 N–H and O–H groups in total. The van der Waals surface area contributed by atoms with E-state index >= 15 is 0 Å². The average molecular weight is 269 g/mol. The minimum absolute atomic E-state index is 0.313. The molecule has 2 saturated heterocycles. The fraction of sp³-hybridized carbons (Fsp3) is 1.00. The lowest BCUT2D eigenvalue weighted by Crippen LogP contribution is -2.56. The maximum atomic E-state index is 5.52. The van der Waals surface area contributed by atoms with Gasteiger partial charge in [-0.25, -0.2) is 0 Å².